The zero-order chi connectivity index (χ0) is 13.0. The van der Waals surface area contributed by atoms with E-state index in [1.165, 1.54) is 6.07 Å². The highest BCUT2D eigenvalue weighted by Gasteiger charge is 2.17. The minimum absolute atomic E-state index is 0.221. The molecule has 0 spiro atoms. The molecular weight excluding hydrogens is 243 g/mol. The SMILES string of the molecule is CSC(C)CNc1cc(C)c(F)cc1[N+](=O)[O-]. The second-order valence-electron chi connectivity index (χ2n) is 3.80. The highest BCUT2D eigenvalue weighted by atomic mass is 32.2. The predicted octanol–water partition coefficient (Wildman–Crippen LogP) is 3.21. The lowest BCUT2D eigenvalue weighted by atomic mass is 10.1. The van der Waals surface area contributed by atoms with E-state index < -0.39 is 10.7 Å². The molecule has 0 bridgehead atoms. The van der Waals surface area contributed by atoms with Gasteiger partial charge in [-0.3, -0.25) is 10.1 Å². The Morgan fingerprint density at radius 1 is 1.59 bits per heavy atom. The van der Waals surface area contributed by atoms with Crippen molar-refractivity contribution in [1.82, 2.24) is 0 Å². The largest absolute Gasteiger partial charge is 0.378 e. The van der Waals surface area contributed by atoms with E-state index in [1.807, 2.05) is 13.2 Å². The molecule has 0 amide bonds. The Balaban J connectivity index is 2.96. The molecule has 0 fully saturated rings. The van der Waals surface area contributed by atoms with Gasteiger partial charge in [0.2, 0.25) is 0 Å². The summed E-state index contributed by atoms with van der Waals surface area (Å²) in [6.07, 6.45) is 1.97. The number of nitrogens with zero attached hydrogens (tertiary/aromatic N) is 1. The fourth-order valence-corrected chi connectivity index (χ4v) is 1.55. The number of nitro benzene ring substituents is 1. The second kappa shape index (κ2) is 5.86. The lowest BCUT2D eigenvalue weighted by Gasteiger charge is -2.12. The fraction of sp³-hybridized carbons (Fsp3) is 0.455. The van der Waals surface area contributed by atoms with Crippen LogP contribution in [0, 0.1) is 22.9 Å². The van der Waals surface area contributed by atoms with Crippen molar-refractivity contribution in [2.75, 3.05) is 18.1 Å². The molecule has 1 atom stereocenters. The Bertz CT molecular complexity index is 426. The van der Waals surface area contributed by atoms with Gasteiger partial charge in [-0.1, -0.05) is 6.92 Å². The average Bonchev–Trinajstić information content (AvgIpc) is 2.29. The molecule has 1 aromatic carbocycles. The van der Waals surface area contributed by atoms with Crippen molar-refractivity contribution in [3.8, 4) is 0 Å². The lowest BCUT2D eigenvalue weighted by molar-refractivity contribution is -0.384. The van der Waals surface area contributed by atoms with Crippen LogP contribution in [0.3, 0.4) is 0 Å². The second-order valence-corrected chi connectivity index (χ2v) is 5.08. The first-order chi connectivity index (χ1) is 7.95. The Labute approximate surface area is 104 Å². The van der Waals surface area contributed by atoms with E-state index in [1.54, 1.807) is 18.7 Å². The van der Waals surface area contributed by atoms with Crippen LogP contribution in [0.2, 0.25) is 0 Å². The van der Waals surface area contributed by atoms with Crippen LogP contribution in [-0.2, 0) is 0 Å². The maximum atomic E-state index is 13.2. The van der Waals surface area contributed by atoms with E-state index in [0.29, 0.717) is 23.0 Å². The summed E-state index contributed by atoms with van der Waals surface area (Å²) in [5.41, 5.74) is 0.547. The molecule has 94 valence electrons. The normalized spacial score (nSPS) is 12.2. The molecule has 0 aromatic heterocycles. The smallest absolute Gasteiger partial charge is 0.295 e. The fourth-order valence-electron chi connectivity index (χ4n) is 1.30. The zero-order valence-electron chi connectivity index (χ0n) is 9.99. The zero-order valence-corrected chi connectivity index (χ0v) is 10.8. The Hall–Kier alpha value is -1.30. The van der Waals surface area contributed by atoms with Crippen molar-refractivity contribution in [1.29, 1.82) is 0 Å². The van der Waals surface area contributed by atoms with E-state index in [4.69, 9.17) is 0 Å². The quantitative estimate of drug-likeness (QED) is 0.651. The van der Waals surface area contributed by atoms with E-state index in [9.17, 15) is 14.5 Å². The number of hydrogen-bond acceptors (Lipinski definition) is 4. The van der Waals surface area contributed by atoms with E-state index in [0.717, 1.165) is 6.07 Å². The number of anilines is 1. The maximum Gasteiger partial charge on any atom is 0.295 e. The molecule has 1 aromatic rings. The first-order valence-electron chi connectivity index (χ1n) is 5.17. The van der Waals surface area contributed by atoms with Gasteiger partial charge in [0, 0.05) is 11.8 Å². The molecule has 0 radical (unpaired) electrons. The molecule has 0 saturated carbocycles. The van der Waals surface area contributed by atoms with E-state index >= 15 is 0 Å². The molecular formula is C11H15FN2O2S. The van der Waals surface area contributed by atoms with Crippen LogP contribution in [0.1, 0.15) is 12.5 Å². The van der Waals surface area contributed by atoms with Crippen molar-refractivity contribution in [2.24, 2.45) is 0 Å². The number of thioether (sulfide) groups is 1. The Morgan fingerprint density at radius 3 is 2.76 bits per heavy atom. The van der Waals surface area contributed by atoms with Gasteiger partial charge in [-0.25, -0.2) is 4.39 Å². The maximum absolute atomic E-state index is 13.2. The standard InChI is InChI=1S/C11H15FN2O2S/c1-7-4-10(13-6-8(2)17-3)11(14(15)16)5-9(7)12/h4-5,8,13H,6H2,1-3H3. The summed E-state index contributed by atoms with van der Waals surface area (Å²) in [6.45, 7) is 4.20. The van der Waals surface area contributed by atoms with Gasteiger partial charge in [0.1, 0.15) is 11.5 Å². The van der Waals surface area contributed by atoms with Crippen LogP contribution in [0.15, 0.2) is 12.1 Å². The number of nitro groups is 1. The summed E-state index contributed by atoms with van der Waals surface area (Å²) < 4.78 is 13.2. The van der Waals surface area contributed by atoms with Gasteiger partial charge in [0.05, 0.1) is 11.0 Å². The van der Waals surface area contributed by atoms with Crippen molar-refractivity contribution in [3.05, 3.63) is 33.6 Å². The highest BCUT2D eigenvalue weighted by molar-refractivity contribution is 7.99. The van der Waals surface area contributed by atoms with Gasteiger partial charge >= 0.3 is 0 Å². The van der Waals surface area contributed by atoms with Crippen LogP contribution in [-0.4, -0.2) is 23.0 Å². The first-order valence-corrected chi connectivity index (χ1v) is 6.45. The minimum Gasteiger partial charge on any atom is -0.378 e. The molecule has 17 heavy (non-hydrogen) atoms. The molecule has 1 rings (SSSR count). The van der Waals surface area contributed by atoms with Gasteiger partial charge in [-0.05, 0) is 24.8 Å². The summed E-state index contributed by atoms with van der Waals surface area (Å²) >= 11 is 1.66. The molecule has 1 N–H and O–H groups in total. The predicted molar refractivity (Wildman–Crippen MR) is 69.3 cm³/mol. The topological polar surface area (TPSA) is 55.2 Å². The molecule has 1 unspecified atom stereocenters. The molecule has 6 heteroatoms. The summed E-state index contributed by atoms with van der Waals surface area (Å²) in [5.74, 6) is -0.555. The first kappa shape index (κ1) is 13.8. The van der Waals surface area contributed by atoms with Gasteiger partial charge in [0.25, 0.3) is 5.69 Å². The lowest BCUT2D eigenvalue weighted by Crippen LogP contribution is -2.14. The molecule has 4 nitrogen and oxygen atoms in total. The van der Waals surface area contributed by atoms with E-state index in [-0.39, 0.29) is 5.69 Å². The molecule has 0 heterocycles. The van der Waals surface area contributed by atoms with Crippen molar-refractivity contribution in [3.63, 3.8) is 0 Å². The summed E-state index contributed by atoms with van der Waals surface area (Å²) in [6, 6.07) is 2.43. The molecule has 0 saturated heterocycles. The number of aryl methyl sites for hydroxylation is 1. The molecule has 0 aliphatic heterocycles. The Kier molecular flexibility index (Phi) is 4.74. The molecule has 0 aliphatic rings. The summed E-state index contributed by atoms with van der Waals surface area (Å²) in [7, 11) is 0. The average molecular weight is 258 g/mol. The monoisotopic (exact) mass is 258 g/mol. The van der Waals surface area contributed by atoms with Crippen molar-refractivity contribution in [2.45, 2.75) is 19.1 Å². The van der Waals surface area contributed by atoms with Crippen molar-refractivity contribution >= 4 is 23.1 Å². The summed E-state index contributed by atoms with van der Waals surface area (Å²) in [5, 5.41) is 14.1. The van der Waals surface area contributed by atoms with Gasteiger partial charge < -0.3 is 5.32 Å². The van der Waals surface area contributed by atoms with Crippen LogP contribution in [0.5, 0.6) is 0 Å². The van der Waals surface area contributed by atoms with Gasteiger partial charge in [0.15, 0.2) is 0 Å². The van der Waals surface area contributed by atoms with Crippen LogP contribution >= 0.6 is 11.8 Å². The third-order valence-electron chi connectivity index (χ3n) is 2.46. The Morgan fingerprint density at radius 2 is 2.24 bits per heavy atom. The number of benzene rings is 1. The van der Waals surface area contributed by atoms with E-state index in [2.05, 4.69) is 5.32 Å². The van der Waals surface area contributed by atoms with Crippen LogP contribution < -0.4 is 5.32 Å². The minimum atomic E-state index is -0.575. The number of halogens is 1. The summed E-state index contributed by atoms with van der Waals surface area (Å²) in [4.78, 5) is 10.2. The highest BCUT2D eigenvalue weighted by Crippen LogP contribution is 2.27. The van der Waals surface area contributed by atoms with Gasteiger partial charge in [-0.15, -0.1) is 0 Å². The third-order valence-corrected chi connectivity index (χ3v) is 3.43. The molecule has 0 aliphatic carbocycles. The van der Waals surface area contributed by atoms with Crippen LogP contribution in [0.25, 0.3) is 0 Å². The van der Waals surface area contributed by atoms with Crippen molar-refractivity contribution < 1.29 is 9.31 Å². The van der Waals surface area contributed by atoms with Gasteiger partial charge in [-0.2, -0.15) is 11.8 Å². The number of nitrogens with one attached hydrogen (secondary N) is 1. The third kappa shape index (κ3) is 3.59. The number of hydrogen-bond donors (Lipinski definition) is 1. The number of rotatable bonds is 5. The van der Waals surface area contributed by atoms with Crippen LogP contribution in [0.4, 0.5) is 15.8 Å².